The van der Waals surface area contributed by atoms with Crippen molar-refractivity contribution in [1.29, 1.82) is 0 Å². The third-order valence-corrected chi connectivity index (χ3v) is 9.66. The van der Waals surface area contributed by atoms with Gasteiger partial charge in [-0.3, -0.25) is 4.79 Å². The summed E-state index contributed by atoms with van der Waals surface area (Å²) in [5, 5.41) is 31.0. The van der Waals surface area contributed by atoms with E-state index in [9.17, 15) is 15.0 Å². The third kappa shape index (κ3) is 4.33. The number of aliphatic hydroxyl groups is 2. The normalized spacial score (nSPS) is 45.5. The largest absolute Gasteiger partial charge is 0.481 e. The lowest BCUT2D eigenvalue weighted by Crippen LogP contribution is -2.57. The first-order chi connectivity index (χ1) is 13.8. The quantitative estimate of drug-likeness (QED) is 0.525. The van der Waals surface area contributed by atoms with Crippen molar-refractivity contribution in [2.45, 2.75) is 117 Å². The van der Waals surface area contributed by atoms with Crippen LogP contribution in [0.25, 0.3) is 0 Å². The molecule has 3 N–H and O–H groups in total. The van der Waals surface area contributed by atoms with Gasteiger partial charge in [-0.2, -0.15) is 0 Å². The number of aliphatic hydroxyl groups excluding tert-OH is 1. The summed E-state index contributed by atoms with van der Waals surface area (Å²) in [6, 6.07) is 0. The first-order valence-corrected chi connectivity index (χ1v) is 12.4. The summed E-state index contributed by atoms with van der Waals surface area (Å²) in [6.07, 6.45) is 10.5. The molecule has 4 nitrogen and oxygen atoms in total. The molecule has 0 heterocycles. The van der Waals surface area contributed by atoms with Crippen molar-refractivity contribution in [2.75, 3.05) is 0 Å². The molecule has 0 spiro atoms. The van der Waals surface area contributed by atoms with Gasteiger partial charge in [0.2, 0.25) is 0 Å². The number of carboxylic acids is 1. The number of hydrogen-bond donors (Lipinski definition) is 3. The summed E-state index contributed by atoms with van der Waals surface area (Å²) in [6.45, 7) is 8.63. The van der Waals surface area contributed by atoms with E-state index in [1.165, 1.54) is 12.8 Å². The van der Waals surface area contributed by atoms with Crippen LogP contribution in [0.3, 0.4) is 0 Å². The summed E-state index contributed by atoms with van der Waals surface area (Å²) in [5.41, 5.74) is -0.229. The second kappa shape index (κ2) is 9.90. The summed E-state index contributed by atoms with van der Waals surface area (Å²) in [5.74, 6) is 2.20. The maximum Gasteiger partial charge on any atom is 0.303 e. The van der Waals surface area contributed by atoms with Crippen LogP contribution >= 0.6 is 0 Å². The molecular formula is C26H48O4. The lowest BCUT2D eigenvalue weighted by Gasteiger charge is -2.60. The minimum absolute atomic E-state index is 0. The fourth-order valence-electron chi connectivity index (χ4n) is 8.25. The van der Waals surface area contributed by atoms with Crippen molar-refractivity contribution in [2.24, 2.45) is 40.9 Å². The van der Waals surface area contributed by atoms with E-state index in [-0.39, 0.29) is 31.8 Å². The van der Waals surface area contributed by atoms with Gasteiger partial charge in [-0.25, -0.2) is 0 Å². The van der Waals surface area contributed by atoms with Crippen LogP contribution < -0.4 is 0 Å². The molecule has 9 atom stereocenters. The average molecular weight is 425 g/mol. The monoisotopic (exact) mass is 424 g/mol. The molecule has 0 aromatic heterocycles. The molecule has 4 heteroatoms. The standard InChI is InChI=1S/C23H38O4.C2H6.CH4/c1-14(3-8-21(25)26)18-6-7-20-17-5-4-15-13-16(24)9-11-22(15,2)19(17)10-12-23(18,20)27;1-2;/h14-20,24,27H,3-13H2,1-2H3,(H,25,26);1-2H3;1H4/t14-,15?,16-,17?,18?,19?,20?,22?,23?;;/m1../s1. The van der Waals surface area contributed by atoms with Crippen molar-refractivity contribution in [3.05, 3.63) is 0 Å². The zero-order valence-corrected chi connectivity index (χ0v) is 19.1. The van der Waals surface area contributed by atoms with Gasteiger partial charge in [-0.05, 0) is 105 Å². The molecule has 0 amide bonds. The molecule has 4 aliphatic carbocycles. The molecule has 0 aliphatic heterocycles. The first kappa shape index (κ1) is 25.6. The second-order valence-corrected chi connectivity index (χ2v) is 10.7. The van der Waals surface area contributed by atoms with E-state index < -0.39 is 11.6 Å². The number of carboxylic acid groups (broad SMARTS) is 1. The van der Waals surface area contributed by atoms with E-state index in [4.69, 9.17) is 5.11 Å². The molecule has 176 valence electrons. The number of hydrogen-bond acceptors (Lipinski definition) is 3. The minimum Gasteiger partial charge on any atom is -0.481 e. The highest BCUT2D eigenvalue weighted by atomic mass is 16.4. The van der Waals surface area contributed by atoms with E-state index in [1.807, 2.05) is 13.8 Å². The predicted octanol–water partition coefficient (Wildman–Crippen LogP) is 5.89. The molecule has 4 aliphatic rings. The molecule has 0 aromatic carbocycles. The Labute approximate surface area is 184 Å². The zero-order valence-electron chi connectivity index (χ0n) is 19.1. The summed E-state index contributed by atoms with van der Waals surface area (Å²) >= 11 is 0. The van der Waals surface area contributed by atoms with E-state index in [2.05, 4.69) is 13.8 Å². The Kier molecular flexibility index (Phi) is 8.46. The highest BCUT2D eigenvalue weighted by molar-refractivity contribution is 5.66. The summed E-state index contributed by atoms with van der Waals surface area (Å²) < 4.78 is 0. The Bertz CT molecular complexity index is 577. The van der Waals surface area contributed by atoms with Crippen molar-refractivity contribution in [1.82, 2.24) is 0 Å². The zero-order chi connectivity index (χ0) is 21.4. The highest BCUT2D eigenvalue weighted by Gasteiger charge is 2.61. The molecule has 0 bridgehead atoms. The lowest BCUT2D eigenvalue weighted by molar-refractivity contribution is -0.167. The minimum atomic E-state index is -0.724. The molecule has 30 heavy (non-hydrogen) atoms. The van der Waals surface area contributed by atoms with Gasteiger partial charge in [0.1, 0.15) is 0 Å². The number of aliphatic carboxylic acids is 1. The van der Waals surface area contributed by atoms with Gasteiger partial charge < -0.3 is 15.3 Å². The summed E-state index contributed by atoms with van der Waals surface area (Å²) in [4.78, 5) is 11.0. The maximum absolute atomic E-state index is 11.8. The predicted molar refractivity (Wildman–Crippen MR) is 122 cm³/mol. The van der Waals surface area contributed by atoms with Crippen LogP contribution in [0.4, 0.5) is 0 Å². The topological polar surface area (TPSA) is 77.8 Å². The summed E-state index contributed by atoms with van der Waals surface area (Å²) in [7, 11) is 0. The average Bonchev–Trinajstić information content (AvgIpc) is 3.05. The maximum atomic E-state index is 11.8. The Morgan fingerprint density at radius 2 is 1.73 bits per heavy atom. The van der Waals surface area contributed by atoms with Crippen LogP contribution in [0.1, 0.15) is 106 Å². The highest BCUT2D eigenvalue weighted by Crippen LogP contribution is 2.65. The van der Waals surface area contributed by atoms with Crippen molar-refractivity contribution >= 4 is 5.97 Å². The molecule has 4 rings (SSSR count). The molecular weight excluding hydrogens is 376 g/mol. The Balaban J connectivity index is 0.00000104. The van der Waals surface area contributed by atoms with Crippen molar-refractivity contribution < 1.29 is 20.1 Å². The van der Waals surface area contributed by atoms with Crippen LogP contribution in [0.5, 0.6) is 0 Å². The van der Waals surface area contributed by atoms with Crippen LogP contribution in [0, 0.1) is 40.9 Å². The number of fused-ring (bicyclic) bond motifs is 5. The molecule has 0 saturated heterocycles. The second-order valence-electron chi connectivity index (χ2n) is 10.7. The van der Waals surface area contributed by atoms with Crippen LogP contribution in [-0.4, -0.2) is 33.0 Å². The molecule has 7 unspecified atom stereocenters. The van der Waals surface area contributed by atoms with Crippen LogP contribution in [0.15, 0.2) is 0 Å². The van der Waals surface area contributed by atoms with Crippen LogP contribution in [0.2, 0.25) is 0 Å². The van der Waals surface area contributed by atoms with Gasteiger partial charge in [-0.1, -0.05) is 35.1 Å². The van der Waals surface area contributed by atoms with Gasteiger partial charge in [0.05, 0.1) is 11.7 Å². The fraction of sp³-hybridized carbons (Fsp3) is 0.962. The fourth-order valence-corrected chi connectivity index (χ4v) is 8.25. The van der Waals surface area contributed by atoms with Crippen molar-refractivity contribution in [3.63, 3.8) is 0 Å². The van der Waals surface area contributed by atoms with Gasteiger partial charge in [0.25, 0.3) is 0 Å². The first-order valence-electron chi connectivity index (χ1n) is 12.4. The van der Waals surface area contributed by atoms with E-state index in [0.717, 1.165) is 44.9 Å². The Morgan fingerprint density at radius 3 is 2.40 bits per heavy atom. The molecule has 4 saturated carbocycles. The molecule has 0 aromatic rings. The third-order valence-electron chi connectivity index (χ3n) is 9.66. The Hall–Kier alpha value is -0.610. The smallest absolute Gasteiger partial charge is 0.303 e. The van der Waals surface area contributed by atoms with Gasteiger partial charge in [-0.15, -0.1) is 0 Å². The van der Waals surface area contributed by atoms with E-state index in [1.54, 1.807) is 0 Å². The number of carbonyl (C=O) groups is 1. The van der Waals surface area contributed by atoms with Crippen molar-refractivity contribution in [3.8, 4) is 0 Å². The van der Waals surface area contributed by atoms with E-state index in [0.29, 0.717) is 35.5 Å². The molecule has 4 fully saturated rings. The van der Waals surface area contributed by atoms with Gasteiger partial charge in [0.15, 0.2) is 0 Å². The van der Waals surface area contributed by atoms with E-state index >= 15 is 0 Å². The Morgan fingerprint density at radius 1 is 1.03 bits per heavy atom. The lowest BCUT2D eigenvalue weighted by atomic mass is 9.46. The van der Waals surface area contributed by atoms with Gasteiger partial charge >= 0.3 is 5.97 Å². The van der Waals surface area contributed by atoms with Crippen LogP contribution in [-0.2, 0) is 4.79 Å². The number of rotatable bonds is 4. The van der Waals surface area contributed by atoms with Gasteiger partial charge in [0, 0.05) is 6.42 Å². The molecule has 0 radical (unpaired) electrons. The SMILES string of the molecule is C.CC.C[C@H](CCC(=O)O)C1CCC2C3CCC4C[C@H](O)CCC4(C)C3CCC21O.